The van der Waals surface area contributed by atoms with Crippen molar-refractivity contribution in [1.82, 2.24) is 0 Å². The van der Waals surface area contributed by atoms with Crippen molar-refractivity contribution in [3.05, 3.63) is 24.3 Å². The molecule has 3 rings (SSSR count). The molecule has 0 N–H and O–H groups in total. The van der Waals surface area contributed by atoms with Crippen molar-refractivity contribution in [2.45, 2.75) is 68.2 Å². The molecule has 0 aliphatic carbocycles. The monoisotopic (exact) mass is 474 g/mol. The maximum Gasteiger partial charge on any atom is 1.00 e. The van der Waals surface area contributed by atoms with Crippen LogP contribution in [0, 0.1) is 10.8 Å². The van der Waals surface area contributed by atoms with Crippen molar-refractivity contribution in [3.63, 3.8) is 0 Å². The summed E-state index contributed by atoms with van der Waals surface area (Å²) < 4.78 is 20.7. The second kappa shape index (κ2) is 15.7. The SMILES string of the molecule is C1CCOC1.CCOCC.CO[Si-]1N(CC(C)(C)C)c2ccccc2N1CC(C)(C)C.[Na+]. The van der Waals surface area contributed by atoms with Crippen LogP contribution in [-0.2, 0) is 13.9 Å². The molecule has 180 valence electrons. The van der Waals surface area contributed by atoms with Crippen LogP contribution in [0.4, 0.5) is 11.4 Å². The number of hydrogen-bond donors (Lipinski definition) is 0. The van der Waals surface area contributed by atoms with E-state index in [0.29, 0.717) is 0 Å². The molecule has 2 aliphatic heterocycles. The van der Waals surface area contributed by atoms with Gasteiger partial charge in [0.05, 0.1) is 0 Å². The van der Waals surface area contributed by atoms with E-state index < -0.39 is 9.36 Å². The summed E-state index contributed by atoms with van der Waals surface area (Å²) in [6.45, 7) is 23.4. The molecule has 0 spiro atoms. The van der Waals surface area contributed by atoms with Gasteiger partial charge in [-0.1, -0.05) is 53.7 Å². The van der Waals surface area contributed by atoms with Gasteiger partial charge in [-0.25, -0.2) is 0 Å². The molecule has 1 aromatic carbocycles. The number of rotatable bonds is 5. The molecule has 1 fully saturated rings. The molecule has 1 aromatic rings. The fourth-order valence-corrected chi connectivity index (χ4v) is 6.20. The van der Waals surface area contributed by atoms with Crippen molar-refractivity contribution in [2.24, 2.45) is 10.8 Å². The maximum absolute atomic E-state index is 5.96. The van der Waals surface area contributed by atoms with Gasteiger partial charge < -0.3 is 23.0 Å². The molecule has 32 heavy (non-hydrogen) atoms. The summed E-state index contributed by atoms with van der Waals surface area (Å²) in [5.41, 5.74) is 3.15. The Labute approximate surface area is 222 Å². The predicted molar refractivity (Wildman–Crippen MR) is 135 cm³/mol. The molecule has 0 bridgehead atoms. The fraction of sp³-hybridized carbons (Fsp3) is 0.760. The van der Waals surface area contributed by atoms with Crippen LogP contribution in [0.25, 0.3) is 0 Å². The van der Waals surface area contributed by atoms with Gasteiger partial charge in [-0.2, -0.15) is 0 Å². The Bertz CT molecular complexity index is 563. The number of benzene rings is 1. The molecule has 1 saturated heterocycles. The van der Waals surface area contributed by atoms with Crippen molar-refractivity contribution >= 4 is 20.7 Å². The van der Waals surface area contributed by atoms with E-state index in [1.165, 1.54) is 24.2 Å². The first-order valence-electron chi connectivity index (χ1n) is 11.7. The van der Waals surface area contributed by atoms with Crippen LogP contribution in [0.15, 0.2) is 24.3 Å². The quantitative estimate of drug-likeness (QED) is 0.613. The Morgan fingerprint density at radius 2 is 1.25 bits per heavy atom. The van der Waals surface area contributed by atoms with Crippen LogP contribution in [0.5, 0.6) is 0 Å². The molecule has 0 amide bonds. The van der Waals surface area contributed by atoms with Crippen LogP contribution >= 0.6 is 0 Å². The smallest absolute Gasteiger partial charge is 0.553 e. The largest absolute Gasteiger partial charge is 1.00 e. The van der Waals surface area contributed by atoms with Gasteiger partial charge in [0, 0.05) is 37.8 Å². The molecule has 2 aliphatic rings. The van der Waals surface area contributed by atoms with E-state index in [9.17, 15) is 0 Å². The molecule has 0 unspecified atom stereocenters. The summed E-state index contributed by atoms with van der Waals surface area (Å²) in [4.78, 5) is 0. The van der Waals surface area contributed by atoms with Gasteiger partial charge in [0.2, 0.25) is 0 Å². The number of anilines is 2. The topological polar surface area (TPSA) is 34.2 Å². The van der Waals surface area contributed by atoms with Crippen LogP contribution < -0.4 is 38.7 Å². The van der Waals surface area contributed by atoms with E-state index in [1.54, 1.807) is 0 Å². The van der Waals surface area contributed by atoms with E-state index in [4.69, 9.17) is 13.9 Å². The minimum absolute atomic E-state index is 0. The van der Waals surface area contributed by atoms with Crippen LogP contribution in [0.3, 0.4) is 0 Å². The first-order valence-corrected chi connectivity index (χ1v) is 13.0. The average molecular weight is 475 g/mol. The summed E-state index contributed by atoms with van der Waals surface area (Å²) in [6, 6.07) is 8.72. The normalized spacial score (nSPS) is 15.9. The second-order valence-electron chi connectivity index (χ2n) is 10.4. The zero-order valence-corrected chi connectivity index (χ0v) is 25.6. The van der Waals surface area contributed by atoms with Crippen LogP contribution in [0.2, 0.25) is 0 Å². The van der Waals surface area contributed by atoms with Crippen molar-refractivity contribution < 1.29 is 43.5 Å². The molecular weight excluding hydrogens is 427 g/mol. The molecule has 0 atom stereocenters. The van der Waals surface area contributed by atoms with Gasteiger partial charge in [-0.3, -0.25) is 0 Å². The van der Waals surface area contributed by atoms with E-state index in [0.717, 1.165) is 39.5 Å². The number of nitrogens with zero attached hydrogens (tertiary/aromatic N) is 2. The molecule has 0 saturated carbocycles. The van der Waals surface area contributed by atoms with Crippen molar-refractivity contribution in [1.29, 1.82) is 0 Å². The van der Waals surface area contributed by atoms with E-state index in [-0.39, 0.29) is 40.4 Å². The minimum Gasteiger partial charge on any atom is -0.553 e. The Kier molecular flexibility index (Phi) is 15.7. The van der Waals surface area contributed by atoms with Gasteiger partial charge in [0.15, 0.2) is 0 Å². The molecule has 0 aromatic heterocycles. The second-order valence-corrected chi connectivity index (χ2v) is 12.4. The fourth-order valence-electron chi connectivity index (χ4n) is 3.46. The number of fused-ring (bicyclic) bond motifs is 1. The molecule has 5 nitrogen and oxygen atoms in total. The summed E-state index contributed by atoms with van der Waals surface area (Å²) in [5, 5.41) is 0. The first-order chi connectivity index (χ1) is 14.5. The van der Waals surface area contributed by atoms with Crippen molar-refractivity contribution in [3.8, 4) is 0 Å². The van der Waals surface area contributed by atoms with E-state index in [2.05, 4.69) is 74.9 Å². The summed E-state index contributed by atoms with van der Waals surface area (Å²) >= 11 is 0. The van der Waals surface area contributed by atoms with Gasteiger partial charge in [-0.05, 0) is 69.9 Å². The third kappa shape index (κ3) is 11.9. The maximum atomic E-state index is 5.96. The molecule has 7 heteroatoms. The minimum atomic E-state index is -1.18. The van der Waals surface area contributed by atoms with Gasteiger partial charge >= 0.3 is 29.6 Å². The van der Waals surface area contributed by atoms with Crippen LogP contribution in [0.1, 0.15) is 68.2 Å². The zero-order chi connectivity index (χ0) is 23.5. The standard InChI is InChI=1S/C17H29N2OSi.C4H8O.C4H10O.Na/c1-16(2,3)12-18-14-10-8-9-11-15(14)19(21(18)20-7)13-17(4,5)6;1-2-4-5-3-1;1-3-5-4-2;/h8-11H,12-13H2,1-7H3;1-4H2;3-4H2,1-2H3;/q-1;;;+1. The van der Waals surface area contributed by atoms with Gasteiger partial charge in [-0.15, -0.1) is 0 Å². The number of ether oxygens (including phenoxy) is 2. The Morgan fingerprint density at radius 1 is 0.844 bits per heavy atom. The molecular formula is C25H47N2NaO3Si. The summed E-state index contributed by atoms with van der Waals surface area (Å²) in [5.74, 6) is 0. The molecule has 2 heterocycles. The van der Waals surface area contributed by atoms with Gasteiger partial charge in [0.25, 0.3) is 0 Å². The summed E-state index contributed by atoms with van der Waals surface area (Å²) in [7, 11) is 0.668. The third-order valence-corrected chi connectivity index (χ3v) is 6.70. The molecule has 0 radical (unpaired) electrons. The van der Waals surface area contributed by atoms with Crippen molar-refractivity contribution in [2.75, 3.05) is 55.8 Å². The summed E-state index contributed by atoms with van der Waals surface area (Å²) in [6.07, 6.45) is 2.56. The predicted octanol–water partition coefficient (Wildman–Crippen LogP) is 2.88. The van der Waals surface area contributed by atoms with Crippen LogP contribution in [-0.4, -0.2) is 56.0 Å². The number of hydrogen-bond acceptors (Lipinski definition) is 5. The van der Waals surface area contributed by atoms with E-state index in [1.807, 2.05) is 21.0 Å². The first kappa shape index (κ1) is 31.9. The third-order valence-electron chi connectivity index (χ3n) is 4.61. The number of para-hydroxylation sites is 2. The van der Waals surface area contributed by atoms with E-state index >= 15 is 0 Å². The van der Waals surface area contributed by atoms with Gasteiger partial charge in [0.1, 0.15) is 9.36 Å². The average Bonchev–Trinajstić information content (AvgIpc) is 3.33. The Balaban J connectivity index is 0.000000723. The zero-order valence-electron chi connectivity index (χ0n) is 22.6. The Hall–Kier alpha value is -0.0831. The Morgan fingerprint density at radius 3 is 1.47 bits per heavy atom.